The van der Waals surface area contributed by atoms with Crippen LogP contribution in [0.4, 0.5) is 0 Å². The molecule has 110 valence electrons. The van der Waals surface area contributed by atoms with Gasteiger partial charge in [-0.15, -0.1) is 0 Å². The van der Waals surface area contributed by atoms with Gasteiger partial charge in [-0.2, -0.15) is 0 Å². The first-order chi connectivity index (χ1) is 9.33. The van der Waals surface area contributed by atoms with Crippen LogP contribution in [0.1, 0.15) is 0 Å². The van der Waals surface area contributed by atoms with Crippen molar-refractivity contribution in [2.75, 3.05) is 13.1 Å². The molecule has 0 aromatic heterocycles. The fourth-order valence-electron chi connectivity index (χ4n) is 1.22. The number of benzene rings is 1. The summed E-state index contributed by atoms with van der Waals surface area (Å²) in [6.07, 6.45) is -1.51. The minimum Gasteiger partial charge on any atom is -0.381 e. The highest BCUT2D eigenvalue weighted by molar-refractivity contribution is 7.89. The number of aliphatic hydroxyl groups excluding tert-OH is 1. The van der Waals surface area contributed by atoms with E-state index in [1.54, 1.807) is 18.2 Å². The van der Waals surface area contributed by atoms with Gasteiger partial charge in [0.15, 0.2) is 0 Å². The van der Waals surface area contributed by atoms with Crippen LogP contribution in [0.2, 0.25) is 0 Å². The van der Waals surface area contributed by atoms with Crippen molar-refractivity contribution in [2.24, 2.45) is 5.73 Å². The first kappa shape index (κ1) is 16.1. The van der Waals surface area contributed by atoms with Crippen LogP contribution in [-0.4, -0.2) is 44.5 Å². The molecule has 2 amide bonds. The van der Waals surface area contributed by atoms with Crippen LogP contribution in [0.3, 0.4) is 0 Å². The Labute approximate surface area is 116 Å². The van der Waals surface area contributed by atoms with Crippen LogP contribution >= 0.6 is 0 Å². The van der Waals surface area contributed by atoms with Crippen LogP contribution in [0.25, 0.3) is 0 Å². The Bertz CT molecular complexity index is 573. The molecule has 1 aromatic rings. The largest absolute Gasteiger partial charge is 0.381 e. The van der Waals surface area contributed by atoms with Crippen molar-refractivity contribution in [1.82, 2.24) is 10.0 Å². The molecule has 0 aliphatic heterocycles. The zero-order valence-electron chi connectivity index (χ0n) is 10.4. The SMILES string of the molecule is NC(=O)C(O)CNC(=O)CNS(=O)(=O)c1ccccc1. The van der Waals surface area contributed by atoms with Crippen molar-refractivity contribution in [2.45, 2.75) is 11.0 Å². The lowest BCUT2D eigenvalue weighted by Crippen LogP contribution is -2.43. The summed E-state index contributed by atoms with van der Waals surface area (Å²) >= 11 is 0. The summed E-state index contributed by atoms with van der Waals surface area (Å²) in [6.45, 7) is -0.885. The number of carbonyl (C=O) groups excluding carboxylic acids is 2. The van der Waals surface area contributed by atoms with Gasteiger partial charge in [0.2, 0.25) is 21.8 Å². The van der Waals surface area contributed by atoms with E-state index in [9.17, 15) is 18.0 Å². The van der Waals surface area contributed by atoms with Gasteiger partial charge >= 0.3 is 0 Å². The van der Waals surface area contributed by atoms with Gasteiger partial charge in [-0.1, -0.05) is 18.2 Å². The molecule has 0 radical (unpaired) electrons. The van der Waals surface area contributed by atoms with Gasteiger partial charge in [0.05, 0.1) is 18.0 Å². The second-order valence-corrected chi connectivity index (χ2v) is 5.63. The maximum Gasteiger partial charge on any atom is 0.248 e. The van der Waals surface area contributed by atoms with Gasteiger partial charge in [0.25, 0.3) is 0 Å². The van der Waals surface area contributed by atoms with E-state index in [1.807, 2.05) is 0 Å². The number of sulfonamides is 1. The van der Waals surface area contributed by atoms with Gasteiger partial charge in [0, 0.05) is 0 Å². The second kappa shape index (κ2) is 6.98. The fourth-order valence-corrected chi connectivity index (χ4v) is 2.22. The Balaban J connectivity index is 2.47. The molecule has 1 aromatic carbocycles. The molecule has 0 aliphatic carbocycles. The molecule has 0 aliphatic rings. The van der Waals surface area contributed by atoms with Crippen molar-refractivity contribution >= 4 is 21.8 Å². The molecule has 0 saturated carbocycles. The second-order valence-electron chi connectivity index (χ2n) is 3.86. The zero-order valence-corrected chi connectivity index (χ0v) is 11.3. The number of nitrogens with one attached hydrogen (secondary N) is 2. The molecule has 0 bridgehead atoms. The topological polar surface area (TPSA) is 139 Å². The highest BCUT2D eigenvalue weighted by Crippen LogP contribution is 2.06. The van der Waals surface area contributed by atoms with Gasteiger partial charge < -0.3 is 16.2 Å². The summed E-state index contributed by atoms with van der Waals surface area (Å²) in [5.74, 6) is -1.67. The van der Waals surface area contributed by atoms with E-state index in [4.69, 9.17) is 10.8 Å². The summed E-state index contributed by atoms with van der Waals surface area (Å²) < 4.78 is 25.6. The lowest BCUT2D eigenvalue weighted by atomic mass is 10.3. The van der Waals surface area contributed by atoms with E-state index < -0.39 is 34.5 Å². The predicted octanol–water partition coefficient (Wildman–Crippen LogP) is -2.07. The van der Waals surface area contributed by atoms with E-state index >= 15 is 0 Å². The van der Waals surface area contributed by atoms with Crippen molar-refractivity contribution in [3.8, 4) is 0 Å². The number of primary amides is 1. The lowest BCUT2D eigenvalue weighted by Gasteiger charge is -2.09. The maximum absolute atomic E-state index is 11.8. The fraction of sp³-hybridized carbons (Fsp3) is 0.273. The third kappa shape index (κ3) is 4.96. The van der Waals surface area contributed by atoms with Crippen LogP contribution in [0.15, 0.2) is 35.2 Å². The molecule has 1 atom stereocenters. The molecule has 5 N–H and O–H groups in total. The van der Waals surface area contributed by atoms with Crippen molar-refractivity contribution in [3.05, 3.63) is 30.3 Å². The van der Waals surface area contributed by atoms with Crippen LogP contribution < -0.4 is 15.8 Å². The smallest absolute Gasteiger partial charge is 0.248 e. The van der Waals surface area contributed by atoms with Crippen LogP contribution in [0.5, 0.6) is 0 Å². The van der Waals surface area contributed by atoms with Crippen LogP contribution in [-0.2, 0) is 19.6 Å². The molecule has 0 saturated heterocycles. The van der Waals surface area contributed by atoms with Crippen molar-refractivity contribution in [3.63, 3.8) is 0 Å². The molecule has 1 unspecified atom stereocenters. The number of hydrogen-bond acceptors (Lipinski definition) is 5. The number of hydrogen-bond donors (Lipinski definition) is 4. The van der Waals surface area contributed by atoms with E-state index in [0.717, 1.165) is 0 Å². The Morgan fingerprint density at radius 2 is 1.85 bits per heavy atom. The number of carbonyl (C=O) groups is 2. The standard InChI is InChI=1S/C11H15N3O5S/c12-11(17)9(15)6-13-10(16)7-14-20(18,19)8-4-2-1-3-5-8/h1-5,9,14-15H,6-7H2,(H2,12,17)(H,13,16). The molecule has 9 heteroatoms. The molecule has 0 heterocycles. The first-order valence-corrected chi connectivity index (χ1v) is 7.10. The lowest BCUT2D eigenvalue weighted by molar-refractivity contribution is -0.126. The quantitative estimate of drug-likeness (QED) is 0.458. The molecular formula is C11H15N3O5S. The van der Waals surface area contributed by atoms with Gasteiger partial charge in [-0.3, -0.25) is 9.59 Å². The maximum atomic E-state index is 11.8. The molecule has 8 nitrogen and oxygen atoms in total. The van der Waals surface area contributed by atoms with E-state index in [2.05, 4.69) is 10.0 Å². The highest BCUT2D eigenvalue weighted by atomic mass is 32.2. The normalized spacial score (nSPS) is 12.7. The van der Waals surface area contributed by atoms with Gasteiger partial charge in [-0.05, 0) is 12.1 Å². The highest BCUT2D eigenvalue weighted by Gasteiger charge is 2.16. The van der Waals surface area contributed by atoms with Crippen molar-refractivity contribution < 1.29 is 23.1 Å². The zero-order chi connectivity index (χ0) is 15.2. The Morgan fingerprint density at radius 3 is 2.40 bits per heavy atom. The number of rotatable bonds is 7. The number of amides is 2. The van der Waals surface area contributed by atoms with Gasteiger partial charge in [-0.25, -0.2) is 13.1 Å². The van der Waals surface area contributed by atoms with Crippen LogP contribution in [0, 0.1) is 0 Å². The molecule has 0 fully saturated rings. The number of aliphatic hydroxyl groups is 1. The summed E-state index contributed by atoms with van der Waals surface area (Å²) in [5, 5.41) is 11.2. The Kier molecular flexibility index (Phi) is 5.62. The molecule has 0 spiro atoms. The third-order valence-electron chi connectivity index (χ3n) is 2.30. The summed E-state index contributed by atoms with van der Waals surface area (Å²) in [7, 11) is -3.78. The first-order valence-electron chi connectivity index (χ1n) is 5.61. The predicted molar refractivity (Wildman–Crippen MR) is 69.8 cm³/mol. The summed E-state index contributed by atoms with van der Waals surface area (Å²) in [5.41, 5.74) is 4.79. The Hall–Kier alpha value is -1.97. The summed E-state index contributed by atoms with van der Waals surface area (Å²) in [4.78, 5) is 21.9. The monoisotopic (exact) mass is 301 g/mol. The van der Waals surface area contributed by atoms with E-state index in [1.165, 1.54) is 12.1 Å². The molecular weight excluding hydrogens is 286 g/mol. The van der Waals surface area contributed by atoms with Gasteiger partial charge in [0.1, 0.15) is 6.10 Å². The molecule has 20 heavy (non-hydrogen) atoms. The average Bonchev–Trinajstić information content (AvgIpc) is 2.43. The Morgan fingerprint density at radius 1 is 1.25 bits per heavy atom. The minimum atomic E-state index is -3.78. The van der Waals surface area contributed by atoms with E-state index in [0.29, 0.717) is 0 Å². The third-order valence-corrected chi connectivity index (χ3v) is 3.71. The van der Waals surface area contributed by atoms with E-state index in [-0.39, 0.29) is 11.4 Å². The van der Waals surface area contributed by atoms with Crippen molar-refractivity contribution in [1.29, 1.82) is 0 Å². The molecule has 1 rings (SSSR count). The minimum absolute atomic E-state index is 0.0324. The number of nitrogens with two attached hydrogens (primary N) is 1. The average molecular weight is 301 g/mol. The summed E-state index contributed by atoms with van der Waals surface area (Å²) in [6, 6.07) is 7.54.